The molecule has 2 nitrogen and oxygen atoms in total. The third-order valence-electron chi connectivity index (χ3n) is 2.43. The summed E-state index contributed by atoms with van der Waals surface area (Å²) in [5.74, 6) is 0.307. The molecule has 1 aliphatic carbocycles. The van der Waals surface area contributed by atoms with Gasteiger partial charge in [-0.05, 0) is 45.8 Å². The van der Waals surface area contributed by atoms with Crippen LogP contribution in [0.15, 0.2) is 0 Å². The maximum atomic E-state index is 11.7. The quantitative estimate of drug-likeness (QED) is 0.641. The van der Waals surface area contributed by atoms with E-state index >= 15 is 0 Å². The molecule has 1 aliphatic rings. The normalized spacial score (nSPS) is 30.6. The second kappa shape index (κ2) is 3.54. The summed E-state index contributed by atoms with van der Waals surface area (Å²) in [7, 11) is -1.58. The molecule has 1 atom stereocenters. The van der Waals surface area contributed by atoms with Crippen LogP contribution in [0.25, 0.3) is 0 Å². The molecule has 0 bridgehead atoms. The Morgan fingerprint density at radius 3 is 2.38 bits per heavy atom. The third-order valence-corrected chi connectivity index (χ3v) is 3.49. The monoisotopic (exact) mass is 200 g/mol. The van der Waals surface area contributed by atoms with Crippen LogP contribution in [-0.2, 0) is 9.22 Å². The molecular weight excluding hydrogens is 180 g/mol. The molecule has 1 unspecified atom stereocenters. The van der Waals surface area contributed by atoms with Crippen LogP contribution < -0.4 is 0 Å². The Morgan fingerprint density at radius 1 is 1.31 bits per heavy atom. The predicted octanol–water partition coefficient (Wildman–Crippen LogP) is 2.74. The molecule has 1 saturated carbocycles. The Hall–Kier alpha value is -0.153. The number of carbonyl (C=O) groups excluding carboxylic acids is 1. The van der Waals surface area contributed by atoms with Gasteiger partial charge >= 0.3 is 0 Å². The average Bonchev–Trinajstić information content (AvgIpc) is 1.92. The SMILES string of the molecule is CC1(O[Si](C)(C)C)CCCCC1=O. The molecular formula is C10H20O2Si. The van der Waals surface area contributed by atoms with Crippen molar-refractivity contribution >= 4 is 14.1 Å². The number of rotatable bonds is 2. The Bertz CT molecular complexity index is 207. The minimum atomic E-state index is -1.58. The molecule has 0 amide bonds. The van der Waals surface area contributed by atoms with E-state index in [1.807, 2.05) is 6.92 Å². The minimum absolute atomic E-state index is 0.307. The largest absolute Gasteiger partial charge is 0.405 e. The van der Waals surface area contributed by atoms with E-state index in [4.69, 9.17) is 4.43 Å². The van der Waals surface area contributed by atoms with Crippen LogP contribution in [0.3, 0.4) is 0 Å². The fourth-order valence-corrected chi connectivity index (χ4v) is 3.50. The minimum Gasteiger partial charge on any atom is -0.405 e. The van der Waals surface area contributed by atoms with Crippen LogP contribution in [-0.4, -0.2) is 19.7 Å². The smallest absolute Gasteiger partial charge is 0.185 e. The van der Waals surface area contributed by atoms with Crippen LogP contribution in [0, 0.1) is 0 Å². The van der Waals surface area contributed by atoms with Gasteiger partial charge in [0.25, 0.3) is 0 Å². The van der Waals surface area contributed by atoms with E-state index in [1.54, 1.807) is 0 Å². The molecule has 13 heavy (non-hydrogen) atoms. The molecule has 3 heteroatoms. The molecule has 0 aromatic heterocycles. The summed E-state index contributed by atoms with van der Waals surface area (Å²) in [6, 6.07) is 0. The van der Waals surface area contributed by atoms with Crippen molar-refractivity contribution in [1.29, 1.82) is 0 Å². The van der Waals surface area contributed by atoms with Gasteiger partial charge in [0, 0.05) is 6.42 Å². The summed E-state index contributed by atoms with van der Waals surface area (Å²) < 4.78 is 5.97. The number of ketones is 1. The number of hydrogen-bond donors (Lipinski definition) is 0. The second-order valence-electron chi connectivity index (χ2n) is 5.08. The van der Waals surface area contributed by atoms with E-state index in [1.165, 1.54) is 0 Å². The van der Waals surface area contributed by atoms with Crippen molar-refractivity contribution < 1.29 is 9.22 Å². The summed E-state index contributed by atoms with van der Waals surface area (Å²) in [4.78, 5) is 11.7. The van der Waals surface area contributed by atoms with E-state index in [0.29, 0.717) is 12.2 Å². The van der Waals surface area contributed by atoms with Gasteiger partial charge in [-0.15, -0.1) is 0 Å². The van der Waals surface area contributed by atoms with Crippen LogP contribution >= 0.6 is 0 Å². The van der Waals surface area contributed by atoms with Gasteiger partial charge in [-0.3, -0.25) is 4.79 Å². The van der Waals surface area contributed by atoms with Gasteiger partial charge < -0.3 is 4.43 Å². The van der Waals surface area contributed by atoms with Crippen LogP contribution in [0.5, 0.6) is 0 Å². The van der Waals surface area contributed by atoms with E-state index in [9.17, 15) is 4.79 Å². The Kier molecular flexibility index (Phi) is 2.97. The second-order valence-corrected chi connectivity index (χ2v) is 9.50. The van der Waals surface area contributed by atoms with Gasteiger partial charge in [-0.25, -0.2) is 0 Å². The Morgan fingerprint density at radius 2 is 1.92 bits per heavy atom. The Balaban J connectivity index is 2.68. The molecule has 76 valence electrons. The van der Waals surface area contributed by atoms with E-state index in [-0.39, 0.29) is 0 Å². The van der Waals surface area contributed by atoms with Gasteiger partial charge in [-0.1, -0.05) is 0 Å². The molecule has 1 rings (SSSR count). The lowest BCUT2D eigenvalue weighted by atomic mass is 9.85. The van der Waals surface area contributed by atoms with Crippen molar-refractivity contribution in [1.82, 2.24) is 0 Å². The first-order valence-electron chi connectivity index (χ1n) is 5.07. The van der Waals surface area contributed by atoms with Crippen LogP contribution in [0.1, 0.15) is 32.6 Å². The molecule has 0 radical (unpaired) electrons. The van der Waals surface area contributed by atoms with Crippen molar-refractivity contribution in [2.75, 3.05) is 0 Å². The molecule has 1 fully saturated rings. The average molecular weight is 200 g/mol. The molecule has 0 spiro atoms. The van der Waals surface area contributed by atoms with Crippen molar-refractivity contribution in [3.05, 3.63) is 0 Å². The number of hydrogen-bond acceptors (Lipinski definition) is 2. The zero-order valence-electron chi connectivity index (χ0n) is 9.14. The first-order chi connectivity index (χ1) is 5.83. The van der Waals surface area contributed by atoms with Gasteiger partial charge in [0.15, 0.2) is 14.1 Å². The predicted molar refractivity (Wildman–Crippen MR) is 56.3 cm³/mol. The van der Waals surface area contributed by atoms with E-state index in [2.05, 4.69) is 19.6 Å². The summed E-state index contributed by atoms with van der Waals surface area (Å²) in [6.45, 7) is 8.38. The van der Waals surface area contributed by atoms with Crippen molar-refractivity contribution in [2.24, 2.45) is 0 Å². The van der Waals surface area contributed by atoms with E-state index < -0.39 is 13.9 Å². The number of carbonyl (C=O) groups is 1. The van der Waals surface area contributed by atoms with Crippen LogP contribution in [0.4, 0.5) is 0 Å². The summed E-state index contributed by atoms with van der Waals surface area (Å²) >= 11 is 0. The first kappa shape index (κ1) is 10.9. The van der Waals surface area contributed by atoms with Crippen molar-refractivity contribution in [2.45, 2.75) is 57.8 Å². The third kappa shape index (κ3) is 2.92. The molecule has 0 aliphatic heterocycles. The van der Waals surface area contributed by atoms with Gasteiger partial charge in [0.05, 0.1) is 0 Å². The molecule has 0 heterocycles. The zero-order chi connectivity index (χ0) is 10.1. The summed E-state index contributed by atoms with van der Waals surface area (Å²) in [5.41, 5.74) is -0.456. The lowest BCUT2D eigenvalue weighted by molar-refractivity contribution is -0.137. The van der Waals surface area contributed by atoms with Gasteiger partial charge in [-0.2, -0.15) is 0 Å². The van der Waals surface area contributed by atoms with Crippen molar-refractivity contribution in [3.63, 3.8) is 0 Å². The first-order valence-corrected chi connectivity index (χ1v) is 8.48. The fraction of sp³-hybridized carbons (Fsp3) is 0.900. The maximum Gasteiger partial charge on any atom is 0.185 e. The maximum absolute atomic E-state index is 11.7. The summed E-state index contributed by atoms with van der Waals surface area (Å²) in [5, 5.41) is 0. The highest BCUT2D eigenvalue weighted by Gasteiger charge is 2.39. The zero-order valence-corrected chi connectivity index (χ0v) is 10.1. The topological polar surface area (TPSA) is 26.3 Å². The fourth-order valence-electron chi connectivity index (χ4n) is 1.94. The van der Waals surface area contributed by atoms with Crippen LogP contribution in [0.2, 0.25) is 19.6 Å². The molecule has 0 aromatic rings. The number of Topliss-reactive ketones (excluding diaryl/α,β-unsaturated/α-hetero) is 1. The van der Waals surface area contributed by atoms with Gasteiger partial charge in [0.1, 0.15) is 5.60 Å². The highest BCUT2D eigenvalue weighted by molar-refractivity contribution is 6.70. The van der Waals surface area contributed by atoms with Crippen molar-refractivity contribution in [3.8, 4) is 0 Å². The molecule has 0 saturated heterocycles. The highest BCUT2D eigenvalue weighted by Crippen LogP contribution is 2.30. The summed E-state index contributed by atoms with van der Waals surface area (Å²) in [6.07, 6.45) is 3.80. The lowest BCUT2D eigenvalue weighted by Crippen LogP contribution is -2.47. The molecule has 0 aromatic carbocycles. The lowest BCUT2D eigenvalue weighted by Gasteiger charge is -2.37. The standard InChI is InChI=1S/C10H20O2Si/c1-10(12-13(2,3)4)8-6-5-7-9(10)11/h5-8H2,1-4H3. The highest BCUT2D eigenvalue weighted by atomic mass is 28.4. The van der Waals surface area contributed by atoms with E-state index in [0.717, 1.165) is 19.3 Å². The molecule has 0 N–H and O–H groups in total. The Labute approximate surface area is 81.8 Å². The van der Waals surface area contributed by atoms with Gasteiger partial charge in [0.2, 0.25) is 0 Å².